The normalized spacial score (nSPS) is 21.9. The number of phenolic OH excluding ortho intramolecular Hbond substituents is 1. The molecule has 2 aromatic carbocycles. The molecule has 1 atom stereocenters. The Morgan fingerprint density at radius 3 is 2.86 bits per heavy atom. The van der Waals surface area contributed by atoms with Gasteiger partial charge in [0.15, 0.2) is 11.5 Å². The zero-order valence-corrected chi connectivity index (χ0v) is 12.2. The molecule has 0 spiro atoms. The molecule has 0 unspecified atom stereocenters. The van der Waals surface area contributed by atoms with Crippen molar-refractivity contribution in [1.82, 2.24) is 4.90 Å². The van der Waals surface area contributed by atoms with Gasteiger partial charge in [-0.05, 0) is 47.7 Å². The highest BCUT2D eigenvalue weighted by Crippen LogP contribution is 2.44. The van der Waals surface area contributed by atoms with Gasteiger partial charge in [0.25, 0.3) is 0 Å². The van der Waals surface area contributed by atoms with Gasteiger partial charge in [-0.2, -0.15) is 0 Å². The van der Waals surface area contributed by atoms with Crippen molar-refractivity contribution in [3.8, 4) is 17.2 Å². The lowest BCUT2D eigenvalue weighted by atomic mass is 9.83. The Hall–Kier alpha value is -2.20. The van der Waals surface area contributed by atoms with Gasteiger partial charge in [0.1, 0.15) is 5.75 Å². The second kappa shape index (κ2) is 4.40. The van der Waals surface area contributed by atoms with Crippen molar-refractivity contribution in [3.63, 3.8) is 0 Å². The highest BCUT2D eigenvalue weighted by atomic mass is 16.7. The molecule has 112 valence electrons. The maximum atomic E-state index is 10.1. The smallest absolute Gasteiger partial charge is 0.231 e. The molecule has 3 aliphatic rings. The number of ether oxygens (including phenoxy) is 2. The molecule has 5 rings (SSSR count). The van der Waals surface area contributed by atoms with Crippen LogP contribution in [0, 0.1) is 0 Å². The largest absolute Gasteiger partial charge is 0.508 e. The van der Waals surface area contributed by atoms with Crippen LogP contribution in [0.5, 0.6) is 17.2 Å². The molecule has 0 aliphatic carbocycles. The first-order valence-electron chi connectivity index (χ1n) is 7.76. The van der Waals surface area contributed by atoms with Gasteiger partial charge in [0.05, 0.1) is 0 Å². The Balaban J connectivity index is 1.60. The quantitative estimate of drug-likeness (QED) is 0.811. The molecule has 4 nitrogen and oxygen atoms in total. The van der Waals surface area contributed by atoms with Gasteiger partial charge in [-0.3, -0.25) is 4.90 Å². The molecule has 0 amide bonds. The van der Waals surface area contributed by atoms with E-state index >= 15 is 0 Å². The molecule has 0 bridgehead atoms. The van der Waals surface area contributed by atoms with E-state index in [4.69, 9.17) is 9.47 Å². The van der Waals surface area contributed by atoms with E-state index in [0.717, 1.165) is 43.0 Å². The van der Waals surface area contributed by atoms with Crippen LogP contribution in [-0.4, -0.2) is 23.3 Å². The van der Waals surface area contributed by atoms with Crippen LogP contribution in [0.2, 0.25) is 0 Å². The molecule has 0 fully saturated rings. The van der Waals surface area contributed by atoms with E-state index in [1.54, 1.807) is 6.07 Å². The maximum absolute atomic E-state index is 10.1. The first-order chi connectivity index (χ1) is 10.8. The fraction of sp³-hybridized carbons (Fsp3) is 0.333. The maximum Gasteiger partial charge on any atom is 0.231 e. The molecule has 2 aromatic rings. The number of phenols is 1. The number of rotatable bonds is 0. The first-order valence-corrected chi connectivity index (χ1v) is 7.76. The van der Waals surface area contributed by atoms with Crippen molar-refractivity contribution in [2.45, 2.75) is 25.4 Å². The summed E-state index contributed by atoms with van der Waals surface area (Å²) in [6.07, 6.45) is 1.96. The predicted molar refractivity (Wildman–Crippen MR) is 81.2 cm³/mol. The van der Waals surface area contributed by atoms with Gasteiger partial charge in [0.2, 0.25) is 6.79 Å². The average molecular weight is 295 g/mol. The first kappa shape index (κ1) is 12.4. The highest BCUT2D eigenvalue weighted by molar-refractivity contribution is 5.52. The standard InChI is InChI=1S/C18H17NO3/c20-16-3-1-2-11-6-15-13-8-18-17(21-10-22-18)7-12(13)4-5-19(15)9-14(11)16/h1-3,7-8,15,20H,4-6,9-10H2/t15-/m0/s1. The zero-order valence-electron chi connectivity index (χ0n) is 12.2. The minimum Gasteiger partial charge on any atom is -0.508 e. The molecule has 4 heteroatoms. The topological polar surface area (TPSA) is 41.9 Å². The van der Waals surface area contributed by atoms with Crippen molar-refractivity contribution < 1.29 is 14.6 Å². The molecular weight excluding hydrogens is 278 g/mol. The summed E-state index contributed by atoms with van der Waals surface area (Å²) >= 11 is 0. The summed E-state index contributed by atoms with van der Waals surface area (Å²) in [4.78, 5) is 2.46. The highest BCUT2D eigenvalue weighted by Gasteiger charge is 2.34. The summed E-state index contributed by atoms with van der Waals surface area (Å²) in [5.74, 6) is 2.16. The van der Waals surface area contributed by atoms with Crippen LogP contribution < -0.4 is 9.47 Å². The predicted octanol–water partition coefficient (Wildman–Crippen LogP) is 2.78. The number of hydrogen-bond acceptors (Lipinski definition) is 4. The van der Waals surface area contributed by atoms with E-state index < -0.39 is 0 Å². The lowest BCUT2D eigenvalue weighted by molar-refractivity contribution is 0.158. The Bertz CT molecular complexity index is 771. The van der Waals surface area contributed by atoms with Crippen molar-refractivity contribution in [2.24, 2.45) is 0 Å². The monoisotopic (exact) mass is 295 g/mol. The average Bonchev–Trinajstić information content (AvgIpc) is 2.99. The summed E-state index contributed by atoms with van der Waals surface area (Å²) in [6, 6.07) is 10.5. The SMILES string of the molecule is Oc1cccc2c1CN1CCc3cc4c(cc3[C@@H]1C2)OCO4. The Kier molecular flexibility index (Phi) is 2.47. The summed E-state index contributed by atoms with van der Waals surface area (Å²) in [5.41, 5.74) is 5.06. The van der Waals surface area contributed by atoms with Crippen molar-refractivity contribution in [1.29, 1.82) is 0 Å². The van der Waals surface area contributed by atoms with Crippen LogP contribution in [0.4, 0.5) is 0 Å². The van der Waals surface area contributed by atoms with E-state index in [1.807, 2.05) is 6.07 Å². The third kappa shape index (κ3) is 1.67. The van der Waals surface area contributed by atoms with Gasteiger partial charge in [-0.1, -0.05) is 12.1 Å². The zero-order chi connectivity index (χ0) is 14.7. The van der Waals surface area contributed by atoms with E-state index in [2.05, 4.69) is 23.1 Å². The number of hydrogen-bond donors (Lipinski definition) is 1. The van der Waals surface area contributed by atoms with E-state index in [9.17, 15) is 5.11 Å². The molecule has 22 heavy (non-hydrogen) atoms. The summed E-state index contributed by atoms with van der Waals surface area (Å²) < 4.78 is 11.1. The van der Waals surface area contributed by atoms with Crippen LogP contribution in [0.3, 0.4) is 0 Å². The van der Waals surface area contributed by atoms with E-state index in [1.165, 1.54) is 16.7 Å². The van der Waals surface area contributed by atoms with E-state index in [-0.39, 0.29) is 0 Å². The molecule has 3 aliphatic heterocycles. The Morgan fingerprint density at radius 1 is 1.09 bits per heavy atom. The van der Waals surface area contributed by atoms with Crippen LogP contribution >= 0.6 is 0 Å². The molecule has 0 saturated carbocycles. The molecule has 0 saturated heterocycles. The minimum absolute atomic E-state index is 0.323. The van der Waals surface area contributed by atoms with Crippen LogP contribution in [0.1, 0.15) is 28.3 Å². The molecule has 0 radical (unpaired) electrons. The van der Waals surface area contributed by atoms with Gasteiger partial charge in [-0.25, -0.2) is 0 Å². The second-order valence-electron chi connectivity index (χ2n) is 6.26. The molecular formula is C18H17NO3. The van der Waals surface area contributed by atoms with Gasteiger partial charge < -0.3 is 14.6 Å². The van der Waals surface area contributed by atoms with Gasteiger partial charge >= 0.3 is 0 Å². The Labute approximate surface area is 128 Å². The van der Waals surface area contributed by atoms with Crippen LogP contribution in [0.15, 0.2) is 30.3 Å². The lowest BCUT2D eigenvalue weighted by Crippen LogP contribution is -2.39. The number of nitrogens with zero attached hydrogens (tertiary/aromatic N) is 1. The molecule has 1 N–H and O–H groups in total. The lowest BCUT2D eigenvalue weighted by Gasteiger charge is -2.41. The van der Waals surface area contributed by atoms with Crippen molar-refractivity contribution in [2.75, 3.05) is 13.3 Å². The number of benzene rings is 2. The summed E-state index contributed by atoms with van der Waals surface area (Å²) in [6.45, 7) is 2.16. The minimum atomic E-state index is 0.323. The van der Waals surface area contributed by atoms with Gasteiger partial charge in [0, 0.05) is 24.7 Å². The van der Waals surface area contributed by atoms with Crippen molar-refractivity contribution in [3.05, 3.63) is 52.6 Å². The fourth-order valence-corrected chi connectivity index (χ4v) is 3.98. The number of aromatic hydroxyl groups is 1. The second-order valence-corrected chi connectivity index (χ2v) is 6.26. The third-order valence-electron chi connectivity index (χ3n) is 5.13. The van der Waals surface area contributed by atoms with Crippen molar-refractivity contribution >= 4 is 0 Å². The third-order valence-corrected chi connectivity index (χ3v) is 5.13. The Morgan fingerprint density at radius 2 is 1.95 bits per heavy atom. The van der Waals surface area contributed by atoms with E-state index in [0.29, 0.717) is 18.6 Å². The van der Waals surface area contributed by atoms with Crippen LogP contribution in [0.25, 0.3) is 0 Å². The summed E-state index contributed by atoms with van der Waals surface area (Å²) in [5, 5.41) is 10.1. The molecule has 0 aromatic heterocycles. The van der Waals surface area contributed by atoms with Gasteiger partial charge in [-0.15, -0.1) is 0 Å². The summed E-state index contributed by atoms with van der Waals surface area (Å²) in [7, 11) is 0. The number of fused-ring (bicyclic) bond motifs is 5. The fourth-order valence-electron chi connectivity index (χ4n) is 3.98. The van der Waals surface area contributed by atoms with Crippen LogP contribution in [-0.2, 0) is 19.4 Å². The molecule has 3 heterocycles.